The average molecular weight is 411 g/mol. The van der Waals surface area contributed by atoms with Gasteiger partial charge in [-0.05, 0) is 30.7 Å². The number of para-hydroxylation sites is 1. The molecule has 1 heterocycles. The SMILES string of the molecule is COc1cc(OC)cc(C(=O)N(C)CCc2noc(COc3ccccc3C)n2)c1. The lowest BCUT2D eigenvalue weighted by Gasteiger charge is -2.17. The number of amides is 1. The molecule has 0 radical (unpaired) electrons. The number of ether oxygens (including phenoxy) is 3. The Balaban J connectivity index is 1.55. The van der Waals surface area contributed by atoms with Crippen LogP contribution in [0.3, 0.4) is 0 Å². The summed E-state index contributed by atoms with van der Waals surface area (Å²) in [5.41, 5.74) is 1.51. The number of methoxy groups -OCH3 is 2. The van der Waals surface area contributed by atoms with E-state index in [1.54, 1.807) is 44.4 Å². The Morgan fingerprint density at radius 2 is 1.80 bits per heavy atom. The highest BCUT2D eigenvalue weighted by molar-refractivity contribution is 5.95. The van der Waals surface area contributed by atoms with E-state index in [0.717, 1.165) is 11.3 Å². The van der Waals surface area contributed by atoms with Gasteiger partial charge in [0.15, 0.2) is 12.4 Å². The molecule has 0 aliphatic heterocycles. The Labute approximate surface area is 175 Å². The van der Waals surface area contributed by atoms with Gasteiger partial charge in [0, 0.05) is 31.6 Å². The smallest absolute Gasteiger partial charge is 0.264 e. The maximum Gasteiger partial charge on any atom is 0.264 e. The molecular formula is C22H25N3O5. The summed E-state index contributed by atoms with van der Waals surface area (Å²) < 4.78 is 21.4. The largest absolute Gasteiger partial charge is 0.497 e. The van der Waals surface area contributed by atoms with E-state index in [9.17, 15) is 4.79 Å². The first kappa shape index (κ1) is 21.2. The van der Waals surface area contributed by atoms with Crippen molar-refractivity contribution in [3.05, 3.63) is 65.3 Å². The Bertz CT molecular complexity index is 980. The lowest BCUT2D eigenvalue weighted by Crippen LogP contribution is -2.29. The number of aryl methyl sites for hydroxylation is 1. The summed E-state index contributed by atoms with van der Waals surface area (Å²) in [5.74, 6) is 2.64. The van der Waals surface area contributed by atoms with Gasteiger partial charge in [-0.15, -0.1) is 0 Å². The van der Waals surface area contributed by atoms with Crippen molar-refractivity contribution in [3.63, 3.8) is 0 Å². The van der Waals surface area contributed by atoms with Gasteiger partial charge >= 0.3 is 0 Å². The fourth-order valence-corrected chi connectivity index (χ4v) is 2.83. The molecule has 1 aromatic heterocycles. The molecule has 0 saturated heterocycles. The summed E-state index contributed by atoms with van der Waals surface area (Å²) in [6, 6.07) is 12.8. The van der Waals surface area contributed by atoms with E-state index in [1.807, 2.05) is 31.2 Å². The van der Waals surface area contributed by atoms with Crippen LogP contribution in [0.15, 0.2) is 47.0 Å². The van der Waals surface area contributed by atoms with Crippen LogP contribution in [0.1, 0.15) is 27.6 Å². The van der Waals surface area contributed by atoms with Crippen molar-refractivity contribution in [2.45, 2.75) is 20.0 Å². The van der Waals surface area contributed by atoms with Crippen molar-refractivity contribution < 1.29 is 23.5 Å². The van der Waals surface area contributed by atoms with Crippen LogP contribution in [0.25, 0.3) is 0 Å². The van der Waals surface area contributed by atoms with Gasteiger partial charge in [0.25, 0.3) is 11.8 Å². The van der Waals surface area contributed by atoms with Gasteiger partial charge in [-0.1, -0.05) is 23.4 Å². The second-order valence-electron chi connectivity index (χ2n) is 6.74. The van der Waals surface area contributed by atoms with Crippen LogP contribution in [0.5, 0.6) is 17.2 Å². The van der Waals surface area contributed by atoms with Gasteiger partial charge in [0.1, 0.15) is 17.2 Å². The summed E-state index contributed by atoms with van der Waals surface area (Å²) in [6.45, 7) is 2.59. The van der Waals surface area contributed by atoms with Gasteiger partial charge in [0.2, 0.25) is 0 Å². The summed E-state index contributed by atoms with van der Waals surface area (Å²) in [5, 5.41) is 3.97. The minimum absolute atomic E-state index is 0.154. The number of rotatable bonds is 9. The molecule has 0 fully saturated rings. The zero-order chi connectivity index (χ0) is 21.5. The van der Waals surface area contributed by atoms with Crippen molar-refractivity contribution in [1.29, 1.82) is 0 Å². The maximum atomic E-state index is 12.7. The molecule has 3 rings (SSSR count). The summed E-state index contributed by atoms with van der Waals surface area (Å²) in [6.07, 6.45) is 0.456. The number of likely N-dealkylation sites (N-methyl/N-ethyl adjacent to an activating group) is 1. The number of nitrogens with zero attached hydrogens (tertiary/aromatic N) is 3. The molecule has 0 aliphatic carbocycles. The van der Waals surface area contributed by atoms with Gasteiger partial charge in [-0.25, -0.2) is 0 Å². The van der Waals surface area contributed by atoms with Crippen molar-refractivity contribution in [3.8, 4) is 17.2 Å². The van der Waals surface area contributed by atoms with Crippen molar-refractivity contribution in [2.24, 2.45) is 0 Å². The van der Waals surface area contributed by atoms with Gasteiger partial charge in [-0.2, -0.15) is 4.98 Å². The van der Waals surface area contributed by atoms with E-state index < -0.39 is 0 Å². The number of hydrogen-bond acceptors (Lipinski definition) is 7. The van der Waals surface area contributed by atoms with E-state index in [0.29, 0.717) is 41.7 Å². The predicted molar refractivity (Wildman–Crippen MR) is 110 cm³/mol. The normalized spacial score (nSPS) is 10.5. The third kappa shape index (κ3) is 5.28. The van der Waals surface area contributed by atoms with Crippen molar-refractivity contribution in [1.82, 2.24) is 15.0 Å². The molecule has 0 saturated carbocycles. The van der Waals surface area contributed by atoms with Crippen molar-refractivity contribution >= 4 is 5.91 Å². The molecule has 8 nitrogen and oxygen atoms in total. The Hall–Kier alpha value is -3.55. The van der Waals surface area contributed by atoms with Crippen LogP contribution >= 0.6 is 0 Å². The minimum Gasteiger partial charge on any atom is -0.497 e. The summed E-state index contributed by atoms with van der Waals surface area (Å²) in [7, 11) is 4.81. The van der Waals surface area contributed by atoms with Crippen molar-refractivity contribution in [2.75, 3.05) is 27.8 Å². The summed E-state index contributed by atoms with van der Waals surface area (Å²) in [4.78, 5) is 18.7. The molecule has 0 N–H and O–H groups in total. The molecule has 0 unspecified atom stereocenters. The van der Waals surface area contributed by atoms with Crippen LogP contribution in [0.4, 0.5) is 0 Å². The Morgan fingerprint density at radius 3 is 2.47 bits per heavy atom. The number of benzene rings is 2. The van der Waals surface area contributed by atoms with Crippen LogP contribution in [-0.2, 0) is 13.0 Å². The Morgan fingerprint density at radius 1 is 1.10 bits per heavy atom. The first-order chi connectivity index (χ1) is 14.5. The maximum absolute atomic E-state index is 12.7. The van der Waals surface area contributed by atoms with Gasteiger partial charge in [-0.3, -0.25) is 4.79 Å². The molecule has 158 valence electrons. The van der Waals surface area contributed by atoms with E-state index in [1.165, 1.54) is 0 Å². The molecule has 0 spiro atoms. The highest BCUT2D eigenvalue weighted by atomic mass is 16.5. The summed E-state index contributed by atoms with van der Waals surface area (Å²) >= 11 is 0. The standard InChI is InChI=1S/C22H25N3O5/c1-15-7-5-6-8-19(15)29-14-21-23-20(24-30-21)9-10-25(2)22(26)16-11-17(27-3)13-18(12-16)28-4/h5-8,11-13H,9-10,14H2,1-4H3. The van der Waals surface area contributed by atoms with E-state index >= 15 is 0 Å². The average Bonchev–Trinajstić information content (AvgIpc) is 3.23. The van der Waals surface area contributed by atoms with E-state index in [4.69, 9.17) is 18.7 Å². The first-order valence-corrected chi connectivity index (χ1v) is 9.48. The van der Waals surface area contributed by atoms with E-state index in [-0.39, 0.29) is 12.5 Å². The monoisotopic (exact) mass is 411 g/mol. The number of aromatic nitrogens is 2. The number of hydrogen-bond donors (Lipinski definition) is 0. The lowest BCUT2D eigenvalue weighted by atomic mass is 10.1. The van der Waals surface area contributed by atoms with Gasteiger partial charge < -0.3 is 23.6 Å². The first-order valence-electron chi connectivity index (χ1n) is 9.48. The second kappa shape index (κ2) is 9.78. The molecule has 3 aromatic rings. The molecule has 0 aliphatic rings. The van der Waals surface area contributed by atoms with Crippen LogP contribution < -0.4 is 14.2 Å². The highest BCUT2D eigenvalue weighted by Crippen LogP contribution is 2.23. The number of carbonyl (C=O) groups is 1. The number of carbonyl (C=O) groups excluding carboxylic acids is 1. The zero-order valence-electron chi connectivity index (χ0n) is 17.5. The van der Waals surface area contributed by atoms with Crippen LogP contribution in [0.2, 0.25) is 0 Å². The Kier molecular flexibility index (Phi) is 6.90. The third-order valence-corrected chi connectivity index (χ3v) is 4.57. The predicted octanol–water partition coefficient (Wildman–Crippen LogP) is 3.29. The third-order valence-electron chi connectivity index (χ3n) is 4.57. The van der Waals surface area contributed by atoms with Crippen LogP contribution in [-0.4, -0.2) is 48.8 Å². The van der Waals surface area contributed by atoms with E-state index in [2.05, 4.69) is 10.1 Å². The molecule has 1 amide bonds. The topological polar surface area (TPSA) is 86.9 Å². The lowest BCUT2D eigenvalue weighted by molar-refractivity contribution is 0.0795. The molecule has 8 heteroatoms. The molecule has 30 heavy (non-hydrogen) atoms. The fourth-order valence-electron chi connectivity index (χ4n) is 2.83. The quantitative estimate of drug-likeness (QED) is 0.534. The zero-order valence-corrected chi connectivity index (χ0v) is 17.5. The molecule has 0 bridgehead atoms. The molecule has 0 atom stereocenters. The minimum atomic E-state index is -0.154. The molecular weight excluding hydrogens is 386 g/mol. The second-order valence-corrected chi connectivity index (χ2v) is 6.74. The molecule has 2 aromatic carbocycles. The highest BCUT2D eigenvalue weighted by Gasteiger charge is 2.16. The van der Waals surface area contributed by atoms with Crippen LogP contribution in [0, 0.1) is 6.92 Å². The van der Waals surface area contributed by atoms with Gasteiger partial charge in [0.05, 0.1) is 14.2 Å². The fraction of sp³-hybridized carbons (Fsp3) is 0.318.